The first kappa shape index (κ1) is 14.8. The normalized spacial score (nSPS) is 12.7. The zero-order valence-corrected chi connectivity index (χ0v) is 14.7. The van der Waals surface area contributed by atoms with Crippen molar-refractivity contribution in [2.45, 2.75) is 45.9 Å². The van der Waals surface area contributed by atoms with Crippen LogP contribution < -0.4 is 0 Å². The van der Waals surface area contributed by atoms with Gasteiger partial charge in [-0.3, -0.25) is 0 Å². The molecule has 2 aromatic rings. The first-order valence-electron chi connectivity index (χ1n) is 6.75. The van der Waals surface area contributed by atoms with Crippen molar-refractivity contribution in [2.75, 3.05) is 0 Å². The van der Waals surface area contributed by atoms with E-state index in [2.05, 4.69) is 68.1 Å². The molecule has 0 aliphatic rings. The minimum absolute atomic E-state index is 0.320. The van der Waals surface area contributed by atoms with Gasteiger partial charge in [-0.15, -0.1) is 11.3 Å². The fraction of sp³-hybridized carbons (Fsp3) is 0.412. The summed E-state index contributed by atoms with van der Waals surface area (Å²) in [6.45, 7) is 11.1. The van der Waals surface area contributed by atoms with Crippen LogP contribution in [0.1, 0.15) is 50.0 Å². The molecule has 0 nitrogen and oxygen atoms in total. The highest BCUT2D eigenvalue weighted by Gasteiger charge is 2.20. The molecule has 19 heavy (non-hydrogen) atoms. The Hall–Kier alpha value is -0.600. The smallest absolute Gasteiger partial charge is 0.0746 e. The molecule has 1 atom stereocenters. The van der Waals surface area contributed by atoms with Gasteiger partial charge in [0.15, 0.2) is 0 Å². The van der Waals surface area contributed by atoms with Crippen LogP contribution in [0, 0.1) is 27.7 Å². The predicted octanol–water partition coefficient (Wildman–Crippen LogP) is 6.03. The Bertz CT molecular complexity index is 569. The molecule has 0 bridgehead atoms. The van der Waals surface area contributed by atoms with E-state index in [1.165, 1.54) is 38.3 Å². The van der Waals surface area contributed by atoms with Crippen molar-refractivity contribution < 1.29 is 0 Å². The van der Waals surface area contributed by atoms with Gasteiger partial charge in [0.1, 0.15) is 0 Å². The Balaban J connectivity index is 2.59. The van der Waals surface area contributed by atoms with Crippen LogP contribution in [0.15, 0.2) is 17.5 Å². The average molecular weight is 337 g/mol. The molecule has 2 rings (SSSR count). The Kier molecular flexibility index (Phi) is 4.52. The number of hydrogen-bond acceptors (Lipinski definition) is 1. The van der Waals surface area contributed by atoms with E-state index in [1.54, 1.807) is 0 Å². The van der Waals surface area contributed by atoms with Gasteiger partial charge in [0.2, 0.25) is 0 Å². The maximum atomic E-state index is 3.95. The molecule has 0 fully saturated rings. The molecule has 0 saturated carbocycles. The maximum absolute atomic E-state index is 3.95. The standard InChI is InChI=1S/C17H21BrS/c1-6-14-7-8-19-17(14)16(18)15-12(4)10(2)9-11(3)13(15)5/h7-9,16H,6H2,1-5H3. The van der Waals surface area contributed by atoms with Crippen molar-refractivity contribution in [3.8, 4) is 0 Å². The summed E-state index contributed by atoms with van der Waals surface area (Å²) < 4.78 is 0. The van der Waals surface area contributed by atoms with Crippen molar-refractivity contribution in [3.05, 3.63) is 55.8 Å². The summed E-state index contributed by atoms with van der Waals surface area (Å²) in [7, 11) is 0. The molecular formula is C17H21BrS. The van der Waals surface area contributed by atoms with E-state index in [1.807, 2.05) is 11.3 Å². The lowest BCUT2D eigenvalue weighted by molar-refractivity contribution is 1.05. The second-order valence-corrected chi connectivity index (χ2v) is 7.06. The Morgan fingerprint density at radius 2 is 1.68 bits per heavy atom. The number of halogens is 1. The maximum Gasteiger partial charge on any atom is 0.0746 e. The number of aryl methyl sites for hydroxylation is 3. The third-order valence-corrected chi connectivity index (χ3v) is 6.31. The van der Waals surface area contributed by atoms with E-state index < -0.39 is 0 Å². The van der Waals surface area contributed by atoms with Crippen molar-refractivity contribution in [2.24, 2.45) is 0 Å². The van der Waals surface area contributed by atoms with E-state index >= 15 is 0 Å². The van der Waals surface area contributed by atoms with Crippen LogP contribution in [0.5, 0.6) is 0 Å². The van der Waals surface area contributed by atoms with Gasteiger partial charge in [0.05, 0.1) is 4.83 Å². The number of rotatable bonds is 3. The van der Waals surface area contributed by atoms with Gasteiger partial charge in [0, 0.05) is 4.88 Å². The third kappa shape index (κ3) is 2.66. The first-order valence-corrected chi connectivity index (χ1v) is 8.54. The van der Waals surface area contributed by atoms with E-state index in [0.29, 0.717) is 4.83 Å². The van der Waals surface area contributed by atoms with Gasteiger partial charge in [0.25, 0.3) is 0 Å². The second-order valence-electron chi connectivity index (χ2n) is 5.20. The number of thiophene rings is 1. The zero-order valence-electron chi connectivity index (χ0n) is 12.3. The monoisotopic (exact) mass is 336 g/mol. The molecule has 0 aliphatic heterocycles. The minimum atomic E-state index is 0.320. The van der Waals surface area contributed by atoms with Gasteiger partial charge in [-0.1, -0.05) is 28.9 Å². The van der Waals surface area contributed by atoms with E-state index in [9.17, 15) is 0 Å². The highest BCUT2D eigenvalue weighted by Crippen LogP contribution is 2.41. The zero-order chi connectivity index (χ0) is 14.2. The fourth-order valence-corrected chi connectivity index (χ4v) is 4.91. The molecule has 0 aliphatic carbocycles. The van der Waals surface area contributed by atoms with Gasteiger partial charge >= 0.3 is 0 Å². The predicted molar refractivity (Wildman–Crippen MR) is 89.9 cm³/mol. The molecule has 2 heteroatoms. The molecule has 0 amide bonds. The van der Waals surface area contributed by atoms with Crippen LogP contribution in [-0.2, 0) is 6.42 Å². The summed E-state index contributed by atoms with van der Waals surface area (Å²) in [6, 6.07) is 4.55. The van der Waals surface area contributed by atoms with Crippen LogP contribution in [0.4, 0.5) is 0 Å². The van der Waals surface area contributed by atoms with Gasteiger partial charge in [-0.2, -0.15) is 0 Å². The topological polar surface area (TPSA) is 0 Å². The van der Waals surface area contributed by atoms with Gasteiger partial charge < -0.3 is 0 Å². The van der Waals surface area contributed by atoms with E-state index in [0.717, 1.165) is 6.42 Å². The van der Waals surface area contributed by atoms with Crippen molar-refractivity contribution in [1.29, 1.82) is 0 Å². The molecule has 0 saturated heterocycles. The van der Waals surface area contributed by atoms with E-state index in [-0.39, 0.29) is 0 Å². The summed E-state index contributed by atoms with van der Waals surface area (Å²) >= 11 is 5.80. The van der Waals surface area contributed by atoms with Crippen LogP contribution in [-0.4, -0.2) is 0 Å². The summed E-state index contributed by atoms with van der Waals surface area (Å²) in [5.41, 5.74) is 8.52. The summed E-state index contributed by atoms with van der Waals surface area (Å²) in [5.74, 6) is 0. The number of alkyl halides is 1. The van der Waals surface area contributed by atoms with Crippen molar-refractivity contribution in [1.82, 2.24) is 0 Å². The largest absolute Gasteiger partial charge is 0.147 e. The van der Waals surface area contributed by atoms with E-state index in [4.69, 9.17) is 0 Å². The average Bonchev–Trinajstić information content (AvgIpc) is 2.84. The highest BCUT2D eigenvalue weighted by molar-refractivity contribution is 9.09. The lowest BCUT2D eigenvalue weighted by atomic mass is 9.91. The molecule has 0 radical (unpaired) electrons. The van der Waals surface area contributed by atoms with Crippen LogP contribution in [0.3, 0.4) is 0 Å². The minimum Gasteiger partial charge on any atom is -0.147 e. The van der Waals surface area contributed by atoms with Crippen LogP contribution >= 0.6 is 27.3 Å². The summed E-state index contributed by atoms with van der Waals surface area (Å²) in [6.07, 6.45) is 1.10. The lowest BCUT2D eigenvalue weighted by Gasteiger charge is -2.20. The van der Waals surface area contributed by atoms with Crippen molar-refractivity contribution in [3.63, 3.8) is 0 Å². The molecule has 1 unspecified atom stereocenters. The Morgan fingerprint density at radius 3 is 2.21 bits per heavy atom. The van der Waals surface area contributed by atoms with Gasteiger partial charge in [-0.25, -0.2) is 0 Å². The SMILES string of the molecule is CCc1ccsc1C(Br)c1c(C)c(C)cc(C)c1C. The Labute approximate surface area is 129 Å². The third-order valence-electron chi connectivity index (χ3n) is 4.07. The second kappa shape index (κ2) is 5.80. The fourth-order valence-electron chi connectivity index (χ4n) is 2.62. The molecule has 0 spiro atoms. The summed E-state index contributed by atoms with van der Waals surface area (Å²) in [4.78, 5) is 1.78. The molecule has 1 aromatic carbocycles. The van der Waals surface area contributed by atoms with Gasteiger partial charge in [-0.05, 0) is 78.9 Å². The van der Waals surface area contributed by atoms with Crippen LogP contribution in [0.25, 0.3) is 0 Å². The lowest BCUT2D eigenvalue weighted by Crippen LogP contribution is -2.03. The quantitative estimate of drug-likeness (QED) is 0.600. The number of benzene rings is 1. The molecule has 1 heterocycles. The number of hydrogen-bond donors (Lipinski definition) is 0. The first-order chi connectivity index (χ1) is 8.97. The molecular weight excluding hydrogens is 316 g/mol. The molecule has 102 valence electrons. The summed E-state index contributed by atoms with van der Waals surface area (Å²) in [5, 5.41) is 2.20. The van der Waals surface area contributed by atoms with Crippen molar-refractivity contribution >= 4 is 27.3 Å². The molecule has 0 N–H and O–H groups in total. The Morgan fingerprint density at radius 1 is 1.11 bits per heavy atom. The van der Waals surface area contributed by atoms with Crippen LogP contribution in [0.2, 0.25) is 0 Å². The molecule has 1 aromatic heterocycles. The highest BCUT2D eigenvalue weighted by atomic mass is 79.9.